The van der Waals surface area contributed by atoms with Gasteiger partial charge >= 0.3 is 0 Å². The molecule has 1 N–H and O–H groups in total. The van der Waals surface area contributed by atoms with E-state index in [1.54, 1.807) is 6.07 Å². The summed E-state index contributed by atoms with van der Waals surface area (Å²) in [7, 11) is 0. The van der Waals surface area contributed by atoms with Crippen LogP contribution in [0, 0.1) is 17.0 Å². The van der Waals surface area contributed by atoms with E-state index in [0.717, 1.165) is 12.0 Å². The maximum Gasteiger partial charge on any atom is 0.159 e. The minimum Gasteiger partial charge on any atom is -0.309 e. The molecule has 1 aromatic rings. The molecule has 1 aliphatic rings. The second kappa shape index (κ2) is 4.73. The molecule has 17 heavy (non-hydrogen) atoms. The number of benzene rings is 1. The predicted molar refractivity (Wildman–Crippen MR) is 64.6 cm³/mol. The third kappa shape index (κ3) is 2.83. The van der Waals surface area contributed by atoms with Gasteiger partial charge in [0.2, 0.25) is 0 Å². The van der Waals surface area contributed by atoms with Crippen LogP contribution in [0.1, 0.15) is 38.7 Å². The van der Waals surface area contributed by atoms with Gasteiger partial charge in [0.1, 0.15) is 0 Å². The van der Waals surface area contributed by atoms with Crippen molar-refractivity contribution in [3.05, 3.63) is 35.4 Å². The standard InChI is InChI=1S/C14H19F2N/c1-14(2)7-3-4-13(14)17-9-10-5-6-11(15)12(16)8-10/h5-6,8,13,17H,3-4,7,9H2,1-2H3. The first-order valence-corrected chi connectivity index (χ1v) is 6.16. The Bertz CT molecular complexity index is 401. The molecule has 0 bridgehead atoms. The Balaban J connectivity index is 1.96. The van der Waals surface area contributed by atoms with Gasteiger partial charge in [0.05, 0.1) is 0 Å². The van der Waals surface area contributed by atoms with Crippen molar-refractivity contribution in [1.82, 2.24) is 5.32 Å². The molecular weight excluding hydrogens is 220 g/mol. The SMILES string of the molecule is CC1(C)CCCC1NCc1ccc(F)c(F)c1. The molecule has 3 heteroatoms. The lowest BCUT2D eigenvalue weighted by Crippen LogP contribution is -2.37. The first kappa shape index (κ1) is 12.5. The van der Waals surface area contributed by atoms with E-state index in [1.165, 1.54) is 25.0 Å². The van der Waals surface area contributed by atoms with Crippen molar-refractivity contribution in [2.75, 3.05) is 0 Å². The Morgan fingerprint density at radius 3 is 2.65 bits per heavy atom. The monoisotopic (exact) mass is 239 g/mol. The van der Waals surface area contributed by atoms with E-state index in [0.29, 0.717) is 18.0 Å². The van der Waals surface area contributed by atoms with Crippen molar-refractivity contribution in [3.8, 4) is 0 Å². The summed E-state index contributed by atoms with van der Waals surface area (Å²) in [4.78, 5) is 0. The van der Waals surface area contributed by atoms with Gasteiger partial charge in [0.15, 0.2) is 11.6 Å². The minimum absolute atomic E-state index is 0.304. The van der Waals surface area contributed by atoms with Crippen molar-refractivity contribution in [2.24, 2.45) is 5.41 Å². The van der Waals surface area contributed by atoms with Crippen LogP contribution in [0.3, 0.4) is 0 Å². The summed E-state index contributed by atoms with van der Waals surface area (Å²) >= 11 is 0. The maximum atomic E-state index is 13.0. The quantitative estimate of drug-likeness (QED) is 0.849. The number of hydrogen-bond donors (Lipinski definition) is 1. The Hall–Kier alpha value is -0.960. The van der Waals surface area contributed by atoms with E-state index in [4.69, 9.17) is 0 Å². The van der Waals surface area contributed by atoms with Gasteiger partial charge < -0.3 is 5.32 Å². The highest BCUT2D eigenvalue weighted by Crippen LogP contribution is 2.37. The molecule has 0 amide bonds. The Morgan fingerprint density at radius 2 is 2.06 bits per heavy atom. The van der Waals surface area contributed by atoms with E-state index >= 15 is 0 Å². The Morgan fingerprint density at radius 1 is 1.29 bits per heavy atom. The van der Waals surface area contributed by atoms with Gasteiger partial charge in [-0.3, -0.25) is 0 Å². The van der Waals surface area contributed by atoms with Crippen molar-refractivity contribution in [2.45, 2.75) is 45.7 Å². The average Bonchev–Trinajstić information content (AvgIpc) is 2.60. The molecule has 0 spiro atoms. The van der Waals surface area contributed by atoms with Crippen LogP contribution < -0.4 is 5.32 Å². The number of nitrogens with one attached hydrogen (secondary N) is 1. The molecule has 0 aliphatic heterocycles. The Kier molecular flexibility index (Phi) is 3.48. The molecule has 2 rings (SSSR count). The molecular formula is C14H19F2N. The fourth-order valence-corrected chi connectivity index (χ4v) is 2.60. The largest absolute Gasteiger partial charge is 0.309 e. The zero-order valence-electron chi connectivity index (χ0n) is 10.4. The van der Waals surface area contributed by atoms with Crippen LogP contribution in [-0.2, 0) is 6.54 Å². The van der Waals surface area contributed by atoms with Crippen LogP contribution >= 0.6 is 0 Å². The average molecular weight is 239 g/mol. The second-order valence-electron chi connectivity index (χ2n) is 5.56. The lowest BCUT2D eigenvalue weighted by Gasteiger charge is -2.28. The molecule has 1 unspecified atom stereocenters. The van der Waals surface area contributed by atoms with E-state index in [-0.39, 0.29) is 0 Å². The summed E-state index contributed by atoms with van der Waals surface area (Å²) in [6, 6.07) is 4.56. The van der Waals surface area contributed by atoms with Gasteiger partial charge in [-0.2, -0.15) is 0 Å². The van der Waals surface area contributed by atoms with Crippen molar-refractivity contribution in [1.29, 1.82) is 0 Å². The summed E-state index contributed by atoms with van der Waals surface area (Å²) < 4.78 is 25.8. The van der Waals surface area contributed by atoms with Gasteiger partial charge in [-0.15, -0.1) is 0 Å². The van der Waals surface area contributed by atoms with Crippen LogP contribution in [0.4, 0.5) is 8.78 Å². The minimum atomic E-state index is -0.782. The molecule has 0 aromatic heterocycles. The van der Waals surface area contributed by atoms with Crippen molar-refractivity contribution < 1.29 is 8.78 Å². The highest BCUT2D eigenvalue weighted by molar-refractivity contribution is 5.17. The third-order valence-corrected chi connectivity index (χ3v) is 3.79. The maximum absolute atomic E-state index is 13.0. The molecule has 0 radical (unpaired) electrons. The number of rotatable bonds is 3. The summed E-state index contributed by atoms with van der Waals surface area (Å²) in [5.74, 6) is -1.55. The van der Waals surface area contributed by atoms with Crippen LogP contribution in [0.2, 0.25) is 0 Å². The van der Waals surface area contributed by atoms with E-state index in [9.17, 15) is 8.78 Å². The molecule has 1 aliphatic carbocycles. The summed E-state index contributed by atoms with van der Waals surface area (Å²) in [6.45, 7) is 5.11. The van der Waals surface area contributed by atoms with E-state index in [2.05, 4.69) is 19.2 Å². The first-order valence-electron chi connectivity index (χ1n) is 6.16. The highest BCUT2D eigenvalue weighted by Gasteiger charge is 2.33. The second-order valence-corrected chi connectivity index (χ2v) is 5.56. The molecule has 94 valence electrons. The van der Waals surface area contributed by atoms with Crippen molar-refractivity contribution >= 4 is 0 Å². The first-order chi connectivity index (χ1) is 7.99. The highest BCUT2D eigenvalue weighted by atomic mass is 19.2. The smallest absolute Gasteiger partial charge is 0.159 e. The van der Waals surface area contributed by atoms with Crippen LogP contribution in [0.25, 0.3) is 0 Å². The molecule has 1 atom stereocenters. The summed E-state index contributed by atoms with van der Waals surface area (Å²) in [5, 5.41) is 3.45. The zero-order chi connectivity index (χ0) is 12.5. The van der Waals surface area contributed by atoms with Crippen LogP contribution in [0.5, 0.6) is 0 Å². The predicted octanol–water partition coefficient (Wildman–Crippen LogP) is 3.63. The normalized spacial score (nSPS) is 22.9. The molecule has 0 heterocycles. The fourth-order valence-electron chi connectivity index (χ4n) is 2.60. The Labute approximate surface area is 101 Å². The number of halogens is 2. The van der Waals surface area contributed by atoms with Gasteiger partial charge in [0.25, 0.3) is 0 Å². The van der Waals surface area contributed by atoms with Gasteiger partial charge in [-0.1, -0.05) is 26.3 Å². The summed E-state index contributed by atoms with van der Waals surface area (Å²) in [6.07, 6.45) is 3.63. The molecule has 0 saturated heterocycles. The van der Waals surface area contributed by atoms with E-state index in [1.807, 2.05) is 0 Å². The molecule has 1 nitrogen and oxygen atoms in total. The van der Waals surface area contributed by atoms with E-state index < -0.39 is 11.6 Å². The third-order valence-electron chi connectivity index (χ3n) is 3.79. The van der Waals surface area contributed by atoms with Gasteiger partial charge in [0, 0.05) is 12.6 Å². The van der Waals surface area contributed by atoms with Crippen LogP contribution in [0.15, 0.2) is 18.2 Å². The van der Waals surface area contributed by atoms with Gasteiger partial charge in [-0.05, 0) is 36.0 Å². The topological polar surface area (TPSA) is 12.0 Å². The van der Waals surface area contributed by atoms with Crippen LogP contribution in [-0.4, -0.2) is 6.04 Å². The summed E-state index contributed by atoms with van der Waals surface area (Å²) in [5.41, 5.74) is 1.10. The van der Waals surface area contributed by atoms with Gasteiger partial charge in [-0.25, -0.2) is 8.78 Å². The lowest BCUT2D eigenvalue weighted by molar-refractivity contribution is 0.282. The number of hydrogen-bond acceptors (Lipinski definition) is 1. The zero-order valence-corrected chi connectivity index (χ0v) is 10.4. The molecule has 1 aromatic carbocycles. The molecule has 1 saturated carbocycles. The van der Waals surface area contributed by atoms with Crippen molar-refractivity contribution in [3.63, 3.8) is 0 Å². The molecule has 1 fully saturated rings. The lowest BCUT2D eigenvalue weighted by atomic mass is 9.87. The fraction of sp³-hybridized carbons (Fsp3) is 0.571.